The van der Waals surface area contributed by atoms with E-state index in [0.717, 1.165) is 5.56 Å². The van der Waals surface area contributed by atoms with E-state index in [4.69, 9.17) is 28.3 Å². The van der Waals surface area contributed by atoms with Crippen molar-refractivity contribution in [2.45, 2.75) is 6.61 Å². The highest BCUT2D eigenvalue weighted by molar-refractivity contribution is 6.35. The molecule has 6 heteroatoms. The van der Waals surface area contributed by atoms with Gasteiger partial charge in [-0.05, 0) is 35.9 Å². The molecule has 0 bridgehead atoms. The summed E-state index contributed by atoms with van der Waals surface area (Å²) < 4.78 is 0. The Labute approximate surface area is 126 Å². The minimum absolute atomic E-state index is 0.0371. The Hall–Kier alpha value is -1.75. The second-order valence-corrected chi connectivity index (χ2v) is 4.90. The SMILES string of the molecule is O=C(Nc1ccc(CO)cc1)Nc1cc(Cl)ccc1Cl. The van der Waals surface area contributed by atoms with Crippen LogP contribution < -0.4 is 10.6 Å². The fraction of sp³-hybridized carbons (Fsp3) is 0.0714. The summed E-state index contributed by atoms with van der Waals surface area (Å²) in [5.74, 6) is 0. The number of carbonyl (C=O) groups excluding carboxylic acids is 1. The first-order valence-electron chi connectivity index (χ1n) is 5.81. The average Bonchev–Trinajstić information content (AvgIpc) is 2.43. The van der Waals surface area contributed by atoms with E-state index in [1.807, 2.05) is 0 Å². The monoisotopic (exact) mass is 310 g/mol. The Balaban J connectivity index is 2.03. The first kappa shape index (κ1) is 14.7. The first-order chi connectivity index (χ1) is 9.58. The van der Waals surface area contributed by atoms with Gasteiger partial charge in [-0.3, -0.25) is 0 Å². The number of nitrogens with one attached hydrogen (secondary N) is 2. The standard InChI is InChI=1S/C14H12Cl2N2O2/c15-10-3-6-12(16)13(7-10)18-14(20)17-11-4-1-9(8-19)2-5-11/h1-7,19H,8H2,(H2,17,18,20). The molecule has 4 nitrogen and oxygen atoms in total. The van der Waals surface area contributed by atoms with E-state index in [1.165, 1.54) is 0 Å². The van der Waals surface area contributed by atoms with Crippen LogP contribution in [0.4, 0.5) is 16.2 Å². The predicted octanol–water partition coefficient (Wildman–Crippen LogP) is 4.13. The van der Waals surface area contributed by atoms with Crippen LogP contribution in [0.3, 0.4) is 0 Å². The largest absolute Gasteiger partial charge is 0.392 e. The number of rotatable bonds is 3. The fourth-order valence-electron chi connectivity index (χ4n) is 1.57. The van der Waals surface area contributed by atoms with Crippen LogP contribution in [-0.4, -0.2) is 11.1 Å². The Bertz CT molecular complexity index is 615. The van der Waals surface area contributed by atoms with Crippen molar-refractivity contribution in [3.05, 3.63) is 58.1 Å². The maximum Gasteiger partial charge on any atom is 0.323 e. The second kappa shape index (κ2) is 6.61. The van der Waals surface area contributed by atoms with Crippen molar-refractivity contribution < 1.29 is 9.90 Å². The molecule has 0 radical (unpaired) electrons. The lowest BCUT2D eigenvalue weighted by molar-refractivity contribution is 0.262. The summed E-state index contributed by atoms with van der Waals surface area (Å²) in [6.45, 7) is -0.0371. The Morgan fingerprint density at radius 3 is 2.40 bits per heavy atom. The molecule has 2 aromatic rings. The number of urea groups is 1. The third kappa shape index (κ3) is 3.87. The number of hydrogen-bond donors (Lipinski definition) is 3. The lowest BCUT2D eigenvalue weighted by Crippen LogP contribution is -2.19. The zero-order chi connectivity index (χ0) is 14.5. The van der Waals surface area contributed by atoms with Crippen molar-refractivity contribution in [3.8, 4) is 0 Å². The molecule has 0 aliphatic heterocycles. The first-order valence-corrected chi connectivity index (χ1v) is 6.57. The van der Waals surface area contributed by atoms with E-state index in [2.05, 4.69) is 10.6 Å². The van der Waals surface area contributed by atoms with Crippen molar-refractivity contribution >= 4 is 40.6 Å². The molecule has 0 saturated carbocycles. The summed E-state index contributed by atoms with van der Waals surface area (Å²) in [4.78, 5) is 11.8. The molecule has 0 spiro atoms. The Morgan fingerprint density at radius 2 is 1.75 bits per heavy atom. The van der Waals surface area contributed by atoms with Gasteiger partial charge in [0.05, 0.1) is 17.3 Å². The van der Waals surface area contributed by atoms with E-state index in [1.54, 1.807) is 42.5 Å². The number of anilines is 2. The van der Waals surface area contributed by atoms with Gasteiger partial charge in [0, 0.05) is 10.7 Å². The van der Waals surface area contributed by atoms with E-state index < -0.39 is 6.03 Å². The van der Waals surface area contributed by atoms with Crippen LogP contribution in [0.5, 0.6) is 0 Å². The fourth-order valence-corrected chi connectivity index (χ4v) is 1.91. The number of aliphatic hydroxyl groups is 1. The molecule has 104 valence electrons. The zero-order valence-electron chi connectivity index (χ0n) is 10.4. The Morgan fingerprint density at radius 1 is 1.05 bits per heavy atom. The van der Waals surface area contributed by atoms with Gasteiger partial charge < -0.3 is 15.7 Å². The van der Waals surface area contributed by atoms with Gasteiger partial charge >= 0.3 is 6.03 Å². The number of carbonyl (C=O) groups is 1. The second-order valence-electron chi connectivity index (χ2n) is 4.06. The number of benzene rings is 2. The number of halogens is 2. The van der Waals surface area contributed by atoms with Crippen molar-refractivity contribution in [1.29, 1.82) is 0 Å². The summed E-state index contributed by atoms with van der Waals surface area (Å²) >= 11 is 11.8. The van der Waals surface area contributed by atoms with Crippen LogP contribution in [-0.2, 0) is 6.61 Å². The third-order valence-corrected chi connectivity index (χ3v) is 3.14. The zero-order valence-corrected chi connectivity index (χ0v) is 11.9. The van der Waals surface area contributed by atoms with Gasteiger partial charge in [0.1, 0.15) is 0 Å². The highest BCUT2D eigenvalue weighted by atomic mass is 35.5. The minimum atomic E-state index is -0.425. The van der Waals surface area contributed by atoms with Gasteiger partial charge in [-0.2, -0.15) is 0 Å². The molecule has 0 aromatic heterocycles. The van der Waals surface area contributed by atoms with E-state index in [-0.39, 0.29) is 6.61 Å². The maximum absolute atomic E-state index is 11.8. The third-order valence-electron chi connectivity index (χ3n) is 2.57. The molecule has 20 heavy (non-hydrogen) atoms. The molecular formula is C14H12Cl2N2O2. The lowest BCUT2D eigenvalue weighted by Gasteiger charge is -2.09. The molecule has 2 aromatic carbocycles. The lowest BCUT2D eigenvalue weighted by atomic mass is 10.2. The van der Waals surface area contributed by atoms with E-state index in [0.29, 0.717) is 21.4 Å². The van der Waals surface area contributed by atoms with E-state index in [9.17, 15) is 4.79 Å². The summed E-state index contributed by atoms with van der Waals surface area (Å²) in [7, 11) is 0. The number of hydrogen-bond acceptors (Lipinski definition) is 2. The van der Waals surface area contributed by atoms with Crippen LogP contribution in [0.2, 0.25) is 10.0 Å². The summed E-state index contributed by atoms with van der Waals surface area (Å²) in [6.07, 6.45) is 0. The van der Waals surface area contributed by atoms with Crippen LogP contribution in [0, 0.1) is 0 Å². The normalized spacial score (nSPS) is 10.2. The molecule has 0 saturated heterocycles. The molecule has 0 fully saturated rings. The van der Waals surface area contributed by atoms with Crippen molar-refractivity contribution in [2.24, 2.45) is 0 Å². The van der Waals surface area contributed by atoms with Crippen LogP contribution >= 0.6 is 23.2 Å². The topological polar surface area (TPSA) is 61.4 Å². The molecule has 0 atom stereocenters. The van der Waals surface area contributed by atoms with Crippen LogP contribution in [0.25, 0.3) is 0 Å². The summed E-state index contributed by atoms with van der Waals surface area (Å²) in [5.41, 5.74) is 1.82. The molecule has 2 rings (SSSR count). The molecule has 2 amide bonds. The predicted molar refractivity (Wildman–Crippen MR) is 81.5 cm³/mol. The van der Waals surface area contributed by atoms with Crippen molar-refractivity contribution in [3.63, 3.8) is 0 Å². The molecule has 0 unspecified atom stereocenters. The molecule has 0 aliphatic carbocycles. The maximum atomic E-state index is 11.8. The summed E-state index contributed by atoms with van der Waals surface area (Å²) in [5, 5.41) is 15.1. The Kier molecular flexibility index (Phi) is 4.84. The van der Waals surface area contributed by atoms with Crippen molar-refractivity contribution in [2.75, 3.05) is 10.6 Å². The van der Waals surface area contributed by atoms with Crippen molar-refractivity contribution in [1.82, 2.24) is 0 Å². The van der Waals surface area contributed by atoms with E-state index >= 15 is 0 Å². The van der Waals surface area contributed by atoms with Gasteiger partial charge in [0.15, 0.2) is 0 Å². The smallest absolute Gasteiger partial charge is 0.323 e. The van der Waals surface area contributed by atoms with Crippen LogP contribution in [0.1, 0.15) is 5.56 Å². The molecule has 3 N–H and O–H groups in total. The summed E-state index contributed by atoms with van der Waals surface area (Å²) in [6, 6.07) is 11.2. The van der Waals surface area contributed by atoms with Gasteiger partial charge in [0.2, 0.25) is 0 Å². The van der Waals surface area contributed by atoms with Gasteiger partial charge in [-0.15, -0.1) is 0 Å². The van der Waals surface area contributed by atoms with Crippen LogP contribution in [0.15, 0.2) is 42.5 Å². The molecule has 0 heterocycles. The molecule has 0 aliphatic rings. The quantitative estimate of drug-likeness (QED) is 0.798. The highest BCUT2D eigenvalue weighted by Gasteiger charge is 2.06. The molecular weight excluding hydrogens is 299 g/mol. The van der Waals surface area contributed by atoms with Gasteiger partial charge in [-0.25, -0.2) is 4.79 Å². The average molecular weight is 311 g/mol. The highest BCUT2D eigenvalue weighted by Crippen LogP contribution is 2.25. The minimum Gasteiger partial charge on any atom is -0.392 e. The number of amides is 2. The van der Waals surface area contributed by atoms with Gasteiger partial charge in [0.25, 0.3) is 0 Å². The van der Waals surface area contributed by atoms with Gasteiger partial charge in [-0.1, -0.05) is 35.3 Å². The number of aliphatic hydroxyl groups excluding tert-OH is 1.